The van der Waals surface area contributed by atoms with Gasteiger partial charge in [0.15, 0.2) is 0 Å². The maximum atomic E-state index is 9.47. The van der Waals surface area contributed by atoms with Crippen LogP contribution in [0.2, 0.25) is 0 Å². The lowest BCUT2D eigenvalue weighted by Gasteiger charge is -2.14. The molecule has 22 heavy (non-hydrogen) atoms. The van der Waals surface area contributed by atoms with E-state index in [0.29, 0.717) is 5.92 Å². The van der Waals surface area contributed by atoms with Crippen LogP contribution in [0.4, 0.5) is 0 Å². The van der Waals surface area contributed by atoms with Crippen LogP contribution in [-0.4, -0.2) is 24.3 Å². The van der Waals surface area contributed by atoms with Crippen molar-refractivity contribution in [3.63, 3.8) is 0 Å². The molecule has 1 N–H and O–H groups in total. The van der Waals surface area contributed by atoms with E-state index in [4.69, 9.17) is 9.47 Å². The third kappa shape index (κ3) is 1.89. The number of hydrogen-bond donors (Lipinski definition) is 1. The van der Waals surface area contributed by atoms with E-state index in [1.807, 2.05) is 18.3 Å². The van der Waals surface area contributed by atoms with E-state index < -0.39 is 0 Å². The molecular weight excluding hydrogens is 298 g/mol. The van der Waals surface area contributed by atoms with Gasteiger partial charge in [0.2, 0.25) is 0 Å². The molecule has 0 spiro atoms. The number of methoxy groups -OCH3 is 2. The van der Waals surface area contributed by atoms with Crippen molar-refractivity contribution in [3.8, 4) is 11.5 Å². The normalized spacial score (nSPS) is 14.7. The predicted octanol–water partition coefficient (Wildman–Crippen LogP) is 3.84. The van der Waals surface area contributed by atoms with E-state index in [2.05, 4.69) is 4.98 Å². The zero-order valence-electron chi connectivity index (χ0n) is 12.5. The Labute approximate surface area is 132 Å². The minimum atomic E-state index is 0.0235. The SMILES string of the molecule is COc1c2ccnc(C3CC3)c2c(OC)c2cc(CO)sc12. The van der Waals surface area contributed by atoms with Crippen LogP contribution in [0.1, 0.15) is 29.3 Å². The maximum absolute atomic E-state index is 9.47. The quantitative estimate of drug-likeness (QED) is 0.795. The van der Waals surface area contributed by atoms with Gasteiger partial charge >= 0.3 is 0 Å². The number of ether oxygens (including phenoxy) is 2. The highest BCUT2D eigenvalue weighted by Crippen LogP contribution is 2.51. The van der Waals surface area contributed by atoms with Gasteiger partial charge in [0.05, 0.1) is 36.6 Å². The Balaban J connectivity index is 2.20. The van der Waals surface area contributed by atoms with Crippen LogP contribution >= 0.6 is 11.3 Å². The first-order chi connectivity index (χ1) is 10.8. The number of aromatic nitrogens is 1. The number of pyridine rings is 1. The van der Waals surface area contributed by atoms with Crippen LogP contribution in [0, 0.1) is 0 Å². The van der Waals surface area contributed by atoms with Crippen LogP contribution < -0.4 is 9.47 Å². The van der Waals surface area contributed by atoms with Gasteiger partial charge in [0.25, 0.3) is 0 Å². The van der Waals surface area contributed by atoms with Crippen molar-refractivity contribution in [2.75, 3.05) is 14.2 Å². The van der Waals surface area contributed by atoms with Gasteiger partial charge in [0, 0.05) is 27.8 Å². The number of rotatable bonds is 4. The highest BCUT2D eigenvalue weighted by Gasteiger charge is 2.30. The molecule has 5 heteroatoms. The van der Waals surface area contributed by atoms with Crippen molar-refractivity contribution >= 4 is 32.2 Å². The third-order valence-corrected chi connectivity index (χ3v) is 5.33. The maximum Gasteiger partial charge on any atom is 0.144 e. The molecule has 0 radical (unpaired) electrons. The molecule has 1 fully saturated rings. The number of aliphatic hydroxyl groups is 1. The van der Waals surface area contributed by atoms with Crippen molar-refractivity contribution < 1.29 is 14.6 Å². The molecule has 1 saturated carbocycles. The van der Waals surface area contributed by atoms with Crippen molar-refractivity contribution in [2.24, 2.45) is 0 Å². The summed E-state index contributed by atoms with van der Waals surface area (Å²) >= 11 is 1.55. The predicted molar refractivity (Wildman–Crippen MR) is 88.1 cm³/mol. The van der Waals surface area contributed by atoms with E-state index in [-0.39, 0.29) is 6.61 Å². The topological polar surface area (TPSA) is 51.6 Å². The molecule has 2 aromatic heterocycles. The summed E-state index contributed by atoms with van der Waals surface area (Å²) in [6.07, 6.45) is 4.21. The highest BCUT2D eigenvalue weighted by molar-refractivity contribution is 7.19. The summed E-state index contributed by atoms with van der Waals surface area (Å²) in [5.41, 5.74) is 1.10. The van der Waals surface area contributed by atoms with E-state index in [1.165, 1.54) is 12.8 Å². The number of aliphatic hydroxyl groups excluding tert-OH is 1. The molecule has 0 saturated heterocycles. The van der Waals surface area contributed by atoms with Gasteiger partial charge in [-0.2, -0.15) is 0 Å². The van der Waals surface area contributed by atoms with Gasteiger partial charge in [-0.15, -0.1) is 11.3 Å². The Kier molecular flexibility index (Phi) is 3.20. The Morgan fingerprint density at radius 1 is 1.23 bits per heavy atom. The van der Waals surface area contributed by atoms with Gasteiger partial charge in [-0.1, -0.05) is 0 Å². The Bertz CT molecular complexity index is 867. The monoisotopic (exact) mass is 315 g/mol. The summed E-state index contributed by atoms with van der Waals surface area (Å²) in [7, 11) is 3.39. The molecule has 1 aliphatic rings. The Morgan fingerprint density at radius 2 is 2.00 bits per heavy atom. The second kappa shape index (κ2) is 5.11. The van der Waals surface area contributed by atoms with Gasteiger partial charge in [-0.3, -0.25) is 4.98 Å². The van der Waals surface area contributed by atoms with Crippen LogP contribution in [0.25, 0.3) is 20.9 Å². The van der Waals surface area contributed by atoms with E-state index in [0.717, 1.165) is 42.9 Å². The van der Waals surface area contributed by atoms with Crippen LogP contribution in [0.15, 0.2) is 18.3 Å². The average molecular weight is 315 g/mol. The van der Waals surface area contributed by atoms with E-state index >= 15 is 0 Å². The largest absolute Gasteiger partial charge is 0.495 e. The molecule has 3 aromatic rings. The minimum Gasteiger partial charge on any atom is -0.495 e. The third-order valence-electron chi connectivity index (χ3n) is 4.21. The zero-order valence-corrected chi connectivity index (χ0v) is 13.4. The summed E-state index contributed by atoms with van der Waals surface area (Å²) in [6, 6.07) is 3.98. The van der Waals surface area contributed by atoms with E-state index in [1.54, 1.807) is 25.6 Å². The molecule has 0 unspecified atom stereocenters. The summed E-state index contributed by atoms with van der Waals surface area (Å²) in [6.45, 7) is 0.0235. The second-order valence-electron chi connectivity index (χ2n) is 5.57. The first-order valence-electron chi connectivity index (χ1n) is 7.34. The van der Waals surface area contributed by atoms with Gasteiger partial charge in [-0.25, -0.2) is 0 Å². The fraction of sp³-hybridized carbons (Fsp3) is 0.353. The molecule has 0 bridgehead atoms. The van der Waals surface area contributed by atoms with Crippen LogP contribution in [0.3, 0.4) is 0 Å². The number of nitrogens with zero attached hydrogens (tertiary/aromatic N) is 1. The van der Waals surface area contributed by atoms with Crippen LogP contribution in [-0.2, 0) is 6.61 Å². The summed E-state index contributed by atoms with van der Waals surface area (Å²) in [5.74, 6) is 2.22. The van der Waals surface area contributed by atoms with Crippen LogP contribution in [0.5, 0.6) is 11.5 Å². The first-order valence-corrected chi connectivity index (χ1v) is 8.16. The van der Waals surface area contributed by atoms with Crippen molar-refractivity contribution in [1.82, 2.24) is 4.98 Å². The fourth-order valence-electron chi connectivity index (χ4n) is 3.10. The standard InChI is InChI=1S/C17H17NO3S/c1-20-15-12-7-10(8-19)22-17(12)16(21-2)11-5-6-18-14(13(11)15)9-3-4-9/h5-7,9,19H,3-4,8H2,1-2H3. The zero-order chi connectivity index (χ0) is 15.3. The Morgan fingerprint density at radius 3 is 2.64 bits per heavy atom. The minimum absolute atomic E-state index is 0.0235. The van der Waals surface area contributed by atoms with Crippen molar-refractivity contribution in [2.45, 2.75) is 25.4 Å². The van der Waals surface area contributed by atoms with Crippen molar-refractivity contribution in [3.05, 3.63) is 28.9 Å². The molecule has 1 aromatic carbocycles. The molecule has 0 amide bonds. The molecule has 4 nitrogen and oxygen atoms in total. The fourth-order valence-corrected chi connectivity index (χ4v) is 4.15. The molecular formula is C17H17NO3S. The Hall–Kier alpha value is -1.85. The van der Waals surface area contributed by atoms with Gasteiger partial charge in [0.1, 0.15) is 11.5 Å². The lowest BCUT2D eigenvalue weighted by molar-refractivity contribution is 0.285. The van der Waals surface area contributed by atoms with Gasteiger partial charge in [-0.05, 0) is 25.0 Å². The average Bonchev–Trinajstić information content (AvgIpc) is 3.31. The lowest BCUT2D eigenvalue weighted by atomic mass is 10.0. The summed E-state index contributed by atoms with van der Waals surface area (Å²) in [5, 5.41) is 12.6. The molecule has 114 valence electrons. The molecule has 0 aliphatic heterocycles. The van der Waals surface area contributed by atoms with Gasteiger partial charge < -0.3 is 14.6 Å². The smallest absolute Gasteiger partial charge is 0.144 e. The second-order valence-corrected chi connectivity index (χ2v) is 6.71. The molecule has 2 heterocycles. The number of fused-ring (bicyclic) bond motifs is 2. The van der Waals surface area contributed by atoms with E-state index in [9.17, 15) is 5.11 Å². The summed E-state index contributed by atoms with van der Waals surface area (Å²) < 4.78 is 12.5. The number of benzene rings is 1. The first kappa shape index (κ1) is 13.8. The number of thiophene rings is 1. The summed E-state index contributed by atoms with van der Waals surface area (Å²) in [4.78, 5) is 5.51. The lowest BCUT2D eigenvalue weighted by Crippen LogP contribution is -1.96. The molecule has 1 aliphatic carbocycles. The number of hydrogen-bond acceptors (Lipinski definition) is 5. The van der Waals surface area contributed by atoms with Crippen molar-refractivity contribution in [1.29, 1.82) is 0 Å². The highest BCUT2D eigenvalue weighted by atomic mass is 32.1. The molecule has 4 rings (SSSR count). The molecule has 0 atom stereocenters.